The van der Waals surface area contributed by atoms with Gasteiger partial charge in [-0.25, -0.2) is 9.37 Å². The van der Waals surface area contributed by atoms with Crippen molar-refractivity contribution in [1.82, 2.24) is 20.0 Å². The molecule has 0 aliphatic heterocycles. The molecule has 4 rings (SSSR count). The standard InChI is InChI=1S/C19H15ClFN5S/c1-2-11-3-5-12(6-4-11)16-10-27-19(23-16)17-18(22)26(25-24-17)13-7-8-15(21)14(20)9-13/h3-10H,2,22H2,1H3. The van der Waals surface area contributed by atoms with Crippen LogP contribution in [0.25, 0.3) is 27.6 Å². The van der Waals surface area contributed by atoms with Crippen LogP contribution in [0.4, 0.5) is 10.2 Å². The second-order valence-corrected chi connectivity index (χ2v) is 7.19. The van der Waals surface area contributed by atoms with Crippen molar-refractivity contribution in [3.63, 3.8) is 0 Å². The Morgan fingerprint density at radius 1 is 1.19 bits per heavy atom. The fraction of sp³-hybridized carbons (Fsp3) is 0.105. The van der Waals surface area contributed by atoms with Crippen molar-refractivity contribution in [1.29, 1.82) is 0 Å². The van der Waals surface area contributed by atoms with E-state index in [0.29, 0.717) is 22.2 Å². The van der Waals surface area contributed by atoms with E-state index in [1.807, 2.05) is 5.38 Å². The van der Waals surface area contributed by atoms with Crippen LogP contribution in [0.2, 0.25) is 5.02 Å². The number of nitrogen functional groups attached to an aromatic ring is 1. The van der Waals surface area contributed by atoms with Crippen molar-refractivity contribution < 1.29 is 4.39 Å². The van der Waals surface area contributed by atoms with Crippen LogP contribution in [-0.2, 0) is 6.42 Å². The van der Waals surface area contributed by atoms with Crippen LogP contribution < -0.4 is 5.73 Å². The molecule has 0 spiro atoms. The summed E-state index contributed by atoms with van der Waals surface area (Å²) in [7, 11) is 0. The Bertz CT molecular complexity index is 1100. The molecule has 5 nitrogen and oxygen atoms in total. The predicted octanol–water partition coefficient (Wildman–Crippen LogP) is 4.99. The summed E-state index contributed by atoms with van der Waals surface area (Å²) in [6, 6.07) is 12.6. The van der Waals surface area contributed by atoms with Crippen LogP contribution in [0, 0.1) is 5.82 Å². The van der Waals surface area contributed by atoms with Crippen molar-refractivity contribution in [2.24, 2.45) is 0 Å². The maximum atomic E-state index is 13.4. The Morgan fingerprint density at radius 3 is 2.67 bits per heavy atom. The van der Waals surface area contributed by atoms with E-state index in [-0.39, 0.29) is 5.02 Å². The van der Waals surface area contributed by atoms with Gasteiger partial charge in [0.05, 0.1) is 16.4 Å². The van der Waals surface area contributed by atoms with Crippen LogP contribution in [0.15, 0.2) is 47.8 Å². The van der Waals surface area contributed by atoms with Crippen molar-refractivity contribution in [3.8, 4) is 27.6 Å². The van der Waals surface area contributed by atoms with Crippen molar-refractivity contribution in [2.45, 2.75) is 13.3 Å². The second-order valence-electron chi connectivity index (χ2n) is 5.92. The zero-order chi connectivity index (χ0) is 19.0. The number of hydrogen-bond acceptors (Lipinski definition) is 5. The number of aryl methyl sites for hydroxylation is 1. The highest BCUT2D eigenvalue weighted by atomic mass is 35.5. The molecule has 0 atom stereocenters. The molecule has 2 aromatic carbocycles. The maximum absolute atomic E-state index is 13.4. The highest BCUT2D eigenvalue weighted by Crippen LogP contribution is 2.32. The molecule has 2 N–H and O–H groups in total. The Hall–Kier alpha value is -2.77. The third kappa shape index (κ3) is 3.31. The predicted molar refractivity (Wildman–Crippen MR) is 107 cm³/mol. The zero-order valence-electron chi connectivity index (χ0n) is 14.4. The van der Waals surface area contributed by atoms with Gasteiger partial charge in [0, 0.05) is 10.9 Å². The number of halogens is 2. The molecule has 2 heterocycles. The van der Waals surface area contributed by atoms with Gasteiger partial charge in [-0.05, 0) is 30.2 Å². The number of thiazole rings is 1. The molecule has 0 saturated carbocycles. The first-order chi connectivity index (χ1) is 13.1. The SMILES string of the molecule is CCc1ccc(-c2csc(-c3nnn(-c4ccc(F)c(Cl)c4)c3N)n2)cc1. The van der Waals surface area contributed by atoms with Gasteiger partial charge >= 0.3 is 0 Å². The lowest BCUT2D eigenvalue weighted by atomic mass is 10.1. The van der Waals surface area contributed by atoms with Crippen molar-refractivity contribution in [2.75, 3.05) is 5.73 Å². The van der Waals surface area contributed by atoms with Gasteiger partial charge in [-0.2, -0.15) is 4.68 Å². The summed E-state index contributed by atoms with van der Waals surface area (Å²) in [4.78, 5) is 4.64. The van der Waals surface area contributed by atoms with Crippen molar-refractivity contribution in [3.05, 3.63) is 64.2 Å². The first-order valence-electron chi connectivity index (χ1n) is 8.28. The molecule has 0 saturated heterocycles. The van der Waals surface area contributed by atoms with E-state index in [0.717, 1.165) is 17.7 Å². The molecule has 0 aliphatic rings. The van der Waals surface area contributed by atoms with E-state index in [2.05, 4.69) is 46.5 Å². The molecule has 4 aromatic rings. The largest absolute Gasteiger partial charge is 0.382 e. The van der Waals surface area contributed by atoms with Gasteiger partial charge in [-0.1, -0.05) is 48.0 Å². The molecule has 2 aromatic heterocycles. The van der Waals surface area contributed by atoms with E-state index in [9.17, 15) is 4.39 Å². The Morgan fingerprint density at radius 2 is 1.96 bits per heavy atom. The van der Waals surface area contributed by atoms with Gasteiger partial charge in [0.15, 0.2) is 11.5 Å². The molecule has 0 bridgehead atoms. The van der Waals surface area contributed by atoms with E-state index >= 15 is 0 Å². The molecule has 0 aliphatic carbocycles. The van der Waals surface area contributed by atoms with Gasteiger partial charge in [0.1, 0.15) is 10.8 Å². The fourth-order valence-electron chi connectivity index (χ4n) is 2.68. The van der Waals surface area contributed by atoms with Crippen LogP contribution in [-0.4, -0.2) is 20.0 Å². The van der Waals surface area contributed by atoms with Gasteiger partial charge in [0.2, 0.25) is 0 Å². The van der Waals surface area contributed by atoms with Crippen LogP contribution in [0.1, 0.15) is 12.5 Å². The van der Waals surface area contributed by atoms with Crippen LogP contribution in [0.5, 0.6) is 0 Å². The highest BCUT2D eigenvalue weighted by Gasteiger charge is 2.17. The van der Waals surface area contributed by atoms with E-state index in [4.69, 9.17) is 17.3 Å². The average Bonchev–Trinajstić information content (AvgIpc) is 3.31. The van der Waals surface area contributed by atoms with Crippen LogP contribution >= 0.6 is 22.9 Å². The average molecular weight is 400 g/mol. The third-order valence-corrected chi connectivity index (χ3v) is 5.36. The number of nitrogens with zero attached hydrogens (tertiary/aromatic N) is 4. The Kier molecular flexibility index (Phi) is 4.63. The quantitative estimate of drug-likeness (QED) is 0.524. The lowest BCUT2D eigenvalue weighted by Crippen LogP contribution is -2.02. The second kappa shape index (κ2) is 7.09. The normalized spacial score (nSPS) is 11.1. The summed E-state index contributed by atoms with van der Waals surface area (Å²) in [5, 5.41) is 10.8. The third-order valence-electron chi connectivity index (χ3n) is 4.22. The first kappa shape index (κ1) is 17.6. The minimum absolute atomic E-state index is 0.00369. The first-order valence-corrected chi connectivity index (χ1v) is 9.54. The number of nitrogens with two attached hydrogens (primary N) is 1. The molecule has 136 valence electrons. The molecule has 0 fully saturated rings. The van der Waals surface area contributed by atoms with E-state index < -0.39 is 5.82 Å². The minimum atomic E-state index is -0.502. The monoisotopic (exact) mass is 399 g/mol. The van der Waals surface area contributed by atoms with E-state index in [1.54, 1.807) is 6.07 Å². The molecular formula is C19H15ClFN5S. The lowest BCUT2D eigenvalue weighted by molar-refractivity contribution is 0.627. The number of aromatic nitrogens is 4. The maximum Gasteiger partial charge on any atom is 0.165 e. The smallest absolute Gasteiger partial charge is 0.165 e. The molecular weight excluding hydrogens is 385 g/mol. The van der Waals surface area contributed by atoms with Gasteiger partial charge < -0.3 is 5.73 Å². The molecule has 0 amide bonds. The number of hydrogen-bond donors (Lipinski definition) is 1. The molecule has 0 unspecified atom stereocenters. The number of rotatable bonds is 4. The lowest BCUT2D eigenvalue weighted by Gasteiger charge is -2.04. The zero-order valence-corrected chi connectivity index (χ0v) is 15.9. The number of anilines is 1. The van der Waals surface area contributed by atoms with E-state index in [1.165, 1.54) is 33.7 Å². The summed E-state index contributed by atoms with van der Waals surface area (Å²) in [5.74, 6) is -0.183. The number of benzene rings is 2. The molecule has 27 heavy (non-hydrogen) atoms. The summed E-state index contributed by atoms with van der Waals surface area (Å²) in [6.45, 7) is 2.12. The summed E-state index contributed by atoms with van der Waals surface area (Å²) in [5.41, 5.74) is 10.4. The summed E-state index contributed by atoms with van der Waals surface area (Å²) in [6.07, 6.45) is 0.996. The van der Waals surface area contributed by atoms with Gasteiger partial charge in [-0.15, -0.1) is 16.4 Å². The Labute approximate surface area is 164 Å². The van der Waals surface area contributed by atoms with Crippen LogP contribution in [0.3, 0.4) is 0 Å². The minimum Gasteiger partial charge on any atom is -0.382 e. The topological polar surface area (TPSA) is 69.6 Å². The van der Waals surface area contributed by atoms with Gasteiger partial charge in [0.25, 0.3) is 0 Å². The van der Waals surface area contributed by atoms with Gasteiger partial charge in [-0.3, -0.25) is 0 Å². The molecule has 8 heteroatoms. The highest BCUT2D eigenvalue weighted by molar-refractivity contribution is 7.13. The summed E-state index contributed by atoms with van der Waals surface area (Å²) >= 11 is 7.29. The fourth-order valence-corrected chi connectivity index (χ4v) is 3.67. The molecule has 0 radical (unpaired) electrons. The van der Waals surface area contributed by atoms with Crippen molar-refractivity contribution >= 4 is 28.8 Å². The summed E-state index contributed by atoms with van der Waals surface area (Å²) < 4.78 is 14.8. The Balaban J connectivity index is 1.67.